The molecule has 0 saturated carbocycles. The average molecular weight is 265 g/mol. The van der Waals surface area contributed by atoms with Gasteiger partial charge in [-0.1, -0.05) is 6.07 Å². The van der Waals surface area contributed by atoms with Gasteiger partial charge in [0.25, 0.3) is 0 Å². The molecular formula is C14H19NO4. The minimum atomic E-state index is -1.03. The van der Waals surface area contributed by atoms with Gasteiger partial charge in [-0.2, -0.15) is 0 Å². The number of hydrogen-bond acceptors (Lipinski definition) is 3. The molecule has 0 heterocycles. The van der Waals surface area contributed by atoms with Gasteiger partial charge in [0, 0.05) is 6.92 Å². The van der Waals surface area contributed by atoms with Gasteiger partial charge < -0.3 is 15.2 Å². The van der Waals surface area contributed by atoms with Gasteiger partial charge in [-0.05, 0) is 38.5 Å². The van der Waals surface area contributed by atoms with Crippen molar-refractivity contribution in [3.05, 3.63) is 23.8 Å². The number of carbonyl (C=O) groups excluding carboxylic acids is 1. The summed E-state index contributed by atoms with van der Waals surface area (Å²) in [6.07, 6.45) is 0. The topological polar surface area (TPSA) is 75.6 Å². The molecular weight excluding hydrogens is 246 g/mol. The second-order valence-electron chi connectivity index (χ2n) is 4.76. The van der Waals surface area contributed by atoms with Crippen LogP contribution in [-0.4, -0.2) is 23.6 Å². The monoisotopic (exact) mass is 265 g/mol. The van der Waals surface area contributed by atoms with E-state index in [2.05, 4.69) is 5.32 Å². The van der Waals surface area contributed by atoms with E-state index in [1.165, 1.54) is 6.92 Å². The second kappa shape index (κ2) is 5.73. The fourth-order valence-electron chi connectivity index (χ4n) is 1.61. The minimum Gasteiger partial charge on any atom is -0.492 e. The van der Waals surface area contributed by atoms with Crippen molar-refractivity contribution in [2.24, 2.45) is 0 Å². The predicted molar refractivity (Wildman–Crippen MR) is 72.6 cm³/mol. The summed E-state index contributed by atoms with van der Waals surface area (Å²) in [4.78, 5) is 22.4. The van der Waals surface area contributed by atoms with Crippen molar-refractivity contribution in [3.63, 3.8) is 0 Å². The van der Waals surface area contributed by atoms with E-state index in [1.807, 2.05) is 6.92 Å². The van der Waals surface area contributed by atoms with Crippen molar-refractivity contribution in [1.82, 2.24) is 0 Å². The highest BCUT2D eigenvalue weighted by atomic mass is 16.5. The van der Waals surface area contributed by atoms with Gasteiger partial charge in [0.1, 0.15) is 5.75 Å². The van der Waals surface area contributed by atoms with Crippen molar-refractivity contribution in [1.29, 1.82) is 0 Å². The molecule has 0 spiro atoms. The maximum atomic E-state index is 11.2. The van der Waals surface area contributed by atoms with Gasteiger partial charge in [0.05, 0.1) is 17.7 Å². The molecule has 0 fully saturated rings. The molecule has 0 aromatic heterocycles. The number of carboxylic acids is 1. The first-order chi connectivity index (χ1) is 8.78. The Morgan fingerprint density at radius 3 is 2.47 bits per heavy atom. The van der Waals surface area contributed by atoms with Gasteiger partial charge in [-0.15, -0.1) is 0 Å². The van der Waals surface area contributed by atoms with E-state index < -0.39 is 11.4 Å². The van der Waals surface area contributed by atoms with Crippen LogP contribution in [0.1, 0.15) is 33.3 Å². The number of carbonyl (C=O) groups is 2. The molecule has 19 heavy (non-hydrogen) atoms. The summed E-state index contributed by atoms with van der Waals surface area (Å²) in [6.45, 7) is 6.93. The van der Waals surface area contributed by atoms with Crippen molar-refractivity contribution >= 4 is 17.6 Å². The van der Waals surface area contributed by atoms with Crippen LogP contribution in [0.25, 0.3) is 0 Å². The lowest BCUT2D eigenvalue weighted by molar-refractivity contribution is -0.142. The summed E-state index contributed by atoms with van der Waals surface area (Å²) < 4.78 is 5.40. The fraction of sp³-hybridized carbons (Fsp3) is 0.429. The summed E-state index contributed by atoms with van der Waals surface area (Å²) in [6, 6.07) is 5.01. The Balaban J connectivity index is 3.24. The number of aliphatic carboxylic acids is 1. The van der Waals surface area contributed by atoms with Gasteiger partial charge in [0.2, 0.25) is 5.91 Å². The van der Waals surface area contributed by atoms with Crippen LogP contribution in [0.15, 0.2) is 18.2 Å². The molecule has 1 amide bonds. The lowest BCUT2D eigenvalue weighted by Gasteiger charge is -2.21. The lowest BCUT2D eigenvalue weighted by atomic mass is 9.84. The number of rotatable bonds is 5. The third-order valence-electron chi connectivity index (χ3n) is 2.85. The van der Waals surface area contributed by atoms with Crippen LogP contribution in [0.2, 0.25) is 0 Å². The summed E-state index contributed by atoms with van der Waals surface area (Å²) >= 11 is 0. The maximum absolute atomic E-state index is 11.2. The van der Waals surface area contributed by atoms with Gasteiger partial charge in [-0.25, -0.2) is 0 Å². The molecule has 1 aromatic rings. The van der Waals surface area contributed by atoms with Crippen LogP contribution in [-0.2, 0) is 15.0 Å². The van der Waals surface area contributed by atoms with E-state index in [1.54, 1.807) is 32.0 Å². The third-order valence-corrected chi connectivity index (χ3v) is 2.85. The van der Waals surface area contributed by atoms with Crippen LogP contribution in [0.5, 0.6) is 5.75 Å². The Bertz CT molecular complexity index is 494. The summed E-state index contributed by atoms with van der Waals surface area (Å²) in [5, 5.41) is 11.9. The number of anilines is 1. The first-order valence-electron chi connectivity index (χ1n) is 6.07. The molecule has 0 radical (unpaired) electrons. The molecule has 0 saturated heterocycles. The molecule has 5 nitrogen and oxygen atoms in total. The van der Waals surface area contributed by atoms with E-state index in [0.717, 1.165) is 0 Å². The van der Waals surface area contributed by atoms with Crippen molar-refractivity contribution in [3.8, 4) is 5.75 Å². The van der Waals surface area contributed by atoms with E-state index >= 15 is 0 Å². The SMILES string of the molecule is CCOc1ccc(C(C)(C)C(=O)O)cc1NC(C)=O. The van der Waals surface area contributed by atoms with E-state index in [4.69, 9.17) is 4.74 Å². The molecule has 2 N–H and O–H groups in total. The standard InChI is InChI=1S/C14H19NO4/c1-5-19-12-7-6-10(14(3,4)13(17)18)8-11(12)15-9(2)16/h6-8H,5H2,1-4H3,(H,15,16)(H,17,18). The Hall–Kier alpha value is -2.04. The Labute approximate surface area is 112 Å². The quantitative estimate of drug-likeness (QED) is 0.857. The number of benzene rings is 1. The summed E-state index contributed by atoms with van der Waals surface area (Å²) in [5.41, 5.74) is 0.0613. The van der Waals surface area contributed by atoms with E-state index in [0.29, 0.717) is 23.6 Å². The van der Waals surface area contributed by atoms with Crippen LogP contribution in [0, 0.1) is 0 Å². The third kappa shape index (κ3) is 3.47. The van der Waals surface area contributed by atoms with Crippen LogP contribution < -0.4 is 10.1 Å². The molecule has 0 unspecified atom stereocenters. The molecule has 1 rings (SSSR count). The van der Waals surface area contributed by atoms with Crippen molar-refractivity contribution in [2.45, 2.75) is 33.1 Å². The van der Waals surface area contributed by atoms with Gasteiger partial charge in [-0.3, -0.25) is 9.59 Å². The van der Waals surface area contributed by atoms with Crippen molar-refractivity contribution in [2.75, 3.05) is 11.9 Å². The highest BCUT2D eigenvalue weighted by Crippen LogP contribution is 2.32. The zero-order chi connectivity index (χ0) is 14.6. The predicted octanol–water partition coefficient (Wildman–Crippen LogP) is 2.41. The molecule has 0 bridgehead atoms. The first-order valence-corrected chi connectivity index (χ1v) is 6.07. The minimum absolute atomic E-state index is 0.230. The Morgan fingerprint density at radius 1 is 1.37 bits per heavy atom. The molecule has 104 valence electrons. The van der Waals surface area contributed by atoms with E-state index in [9.17, 15) is 14.7 Å². The highest BCUT2D eigenvalue weighted by Gasteiger charge is 2.30. The fourth-order valence-corrected chi connectivity index (χ4v) is 1.61. The average Bonchev–Trinajstić information content (AvgIpc) is 2.30. The highest BCUT2D eigenvalue weighted by molar-refractivity contribution is 5.91. The smallest absolute Gasteiger partial charge is 0.313 e. The largest absolute Gasteiger partial charge is 0.492 e. The summed E-state index contributed by atoms with van der Waals surface area (Å²) in [7, 11) is 0. The summed E-state index contributed by atoms with van der Waals surface area (Å²) in [5.74, 6) is -0.626. The molecule has 0 aliphatic rings. The number of hydrogen-bond donors (Lipinski definition) is 2. The zero-order valence-corrected chi connectivity index (χ0v) is 11.6. The number of amides is 1. The van der Waals surface area contributed by atoms with E-state index in [-0.39, 0.29) is 5.91 Å². The molecule has 0 atom stereocenters. The molecule has 5 heteroatoms. The number of ether oxygens (including phenoxy) is 1. The maximum Gasteiger partial charge on any atom is 0.313 e. The van der Waals surface area contributed by atoms with Crippen LogP contribution in [0.4, 0.5) is 5.69 Å². The van der Waals surface area contributed by atoms with Crippen molar-refractivity contribution < 1.29 is 19.4 Å². The zero-order valence-electron chi connectivity index (χ0n) is 11.6. The normalized spacial score (nSPS) is 10.9. The first kappa shape index (κ1) is 15.0. The molecule has 0 aliphatic heterocycles. The van der Waals surface area contributed by atoms with Crippen LogP contribution in [0.3, 0.4) is 0 Å². The van der Waals surface area contributed by atoms with Crippen LogP contribution >= 0.6 is 0 Å². The Morgan fingerprint density at radius 2 is 2.00 bits per heavy atom. The van der Waals surface area contributed by atoms with Gasteiger partial charge >= 0.3 is 5.97 Å². The van der Waals surface area contributed by atoms with Gasteiger partial charge in [0.15, 0.2) is 0 Å². The molecule has 1 aromatic carbocycles. The second-order valence-corrected chi connectivity index (χ2v) is 4.76. The lowest BCUT2D eigenvalue weighted by Crippen LogP contribution is -2.28. The number of carboxylic acid groups (broad SMARTS) is 1. The Kier molecular flexibility index (Phi) is 4.53. The number of nitrogens with one attached hydrogen (secondary N) is 1. The molecule has 0 aliphatic carbocycles.